The van der Waals surface area contributed by atoms with Gasteiger partial charge in [-0.1, -0.05) is 50.8 Å². The number of nitrogens with one attached hydrogen (secondary N) is 5. The number of hydrogen-bond donors (Lipinski definition) is 7. The van der Waals surface area contributed by atoms with E-state index in [0.29, 0.717) is 80.2 Å². The summed E-state index contributed by atoms with van der Waals surface area (Å²) < 4.78 is 10.6. The van der Waals surface area contributed by atoms with Crippen molar-refractivity contribution < 1.29 is 38.6 Å². The maximum absolute atomic E-state index is 14.4. The number of aromatic nitrogens is 7. The van der Waals surface area contributed by atoms with Gasteiger partial charge in [0.1, 0.15) is 83.8 Å². The predicted molar refractivity (Wildman–Crippen MR) is 307 cm³/mol. The standard InChI is InChI=1S/C52H53N13O8S6/c1-24(2)29-16-35(66)41-26(4)78-50(65-41)31(17-38(67)54-5)57-45(70)33-21-74-46(59-33)28-12-13-30(48-61-37(23-77-48)62-52(71)73-15-14-53)56-42(28)32-20-75-49(58-32)34-22-76-51(60-34)43(44(69)27-10-8-7-9-11-27)63-39(68)18-55-25(3)40-36(19-72-6)79-47(29)64-40/h7-13,20-24,29,31,43-44,55,69H,3,14-19,53H2,1-2,4-6H3,(H,54,67)(H,57,70)(H,62,71)(H,63,68)/t29-,31+,43+,44+/m1/s1. The Morgan fingerprint density at radius 2 is 1.53 bits per heavy atom. The van der Waals surface area contributed by atoms with Crippen molar-refractivity contribution in [1.82, 2.24) is 56.2 Å². The third-order valence-electron chi connectivity index (χ3n) is 12.3. The van der Waals surface area contributed by atoms with Crippen molar-refractivity contribution in [3.63, 3.8) is 0 Å². The monoisotopic (exact) mass is 1180 g/mol. The molecule has 4 amide bonds. The van der Waals surface area contributed by atoms with Gasteiger partial charge < -0.3 is 41.6 Å². The van der Waals surface area contributed by atoms with Crippen LogP contribution in [0.4, 0.5) is 10.6 Å². The molecule has 1 aromatic carbocycles. The second-order valence-corrected chi connectivity index (χ2v) is 24.0. The van der Waals surface area contributed by atoms with Gasteiger partial charge in [0.25, 0.3) is 5.91 Å². The van der Waals surface area contributed by atoms with Crippen LogP contribution in [0.1, 0.15) is 108 Å². The van der Waals surface area contributed by atoms with Gasteiger partial charge in [-0.3, -0.25) is 24.5 Å². The molecule has 8 aromatic rings. The summed E-state index contributed by atoms with van der Waals surface area (Å²) in [6.07, 6.45) is -2.03. The van der Waals surface area contributed by atoms with E-state index in [9.17, 15) is 29.1 Å². The number of nitrogens with two attached hydrogens (primary N) is 1. The summed E-state index contributed by atoms with van der Waals surface area (Å²) in [6, 6.07) is 10.6. The summed E-state index contributed by atoms with van der Waals surface area (Å²) in [4.78, 5) is 104. The number of hydrogen-bond acceptors (Lipinski definition) is 23. The number of ether oxygens (including phenoxy) is 2. The van der Waals surface area contributed by atoms with E-state index < -0.39 is 36.1 Å². The number of ketones is 1. The number of benzene rings is 1. The van der Waals surface area contributed by atoms with Gasteiger partial charge in [-0.05, 0) is 30.5 Å². The zero-order valence-corrected chi connectivity index (χ0v) is 48.0. The minimum absolute atomic E-state index is 0.0326. The van der Waals surface area contributed by atoms with Gasteiger partial charge in [-0.15, -0.1) is 68.0 Å². The van der Waals surface area contributed by atoms with Gasteiger partial charge in [0.15, 0.2) is 5.78 Å². The van der Waals surface area contributed by atoms with Crippen molar-refractivity contribution in [2.24, 2.45) is 11.7 Å². The summed E-state index contributed by atoms with van der Waals surface area (Å²) in [5.74, 6) is -1.80. The highest BCUT2D eigenvalue weighted by Gasteiger charge is 2.32. The fourth-order valence-electron chi connectivity index (χ4n) is 8.27. The maximum atomic E-state index is 14.4. The van der Waals surface area contributed by atoms with E-state index in [-0.39, 0.29) is 79.9 Å². The first kappa shape index (κ1) is 56.6. The molecule has 0 aliphatic carbocycles. The number of aryl methyl sites for hydroxylation is 1. The van der Waals surface area contributed by atoms with Crippen molar-refractivity contribution in [2.75, 3.05) is 39.2 Å². The van der Waals surface area contributed by atoms with E-state index in [1.165, 1.54) is 75.1 Å². The highest BCUT2D eigenvalue weighted by Crippen LogP contribution is 2.41. The number of amides is 4. The molecule has 1 aliphatic rings. The molecule has 21 nitrogen and oxygen atoms in total. The zero-order chi connectivity index (χ0) is 55.9. The van der Waals surface area contributed by atoms with Crippen LogP contribution in [0.5, 0.6) is 0 Å². The molecule has 10 bridgehead atoms. The number of pyridine rings is 1. The van der Waals surface area contributed by atoms with E-state index in [1.54, 1.807) is 66.6 Å². The number of aliphatic hydroxyl groups is 1. The van der Waals surface area contributed by atoms with Gasteiger partial charge in [0.05, 0.1) is 46.9 Å². The quantitative estimate of drug-likeness (QED) is 0.0638. The van der Waals surface area contributed by atoms with Crippen LogP contribution in [-0.4, -0.2) is 103 Å². The Hall–Kier alpha value is -7.08. The first-order chi connectivity index (χ1) is 38.1. The van der Waals surface area contributed by atoms with E-state index in [2.05, 4.69) is 38.1 Å². The minimum atomic E-state index is -1.20. The Balaban J connectivity index is 1.13. The zero-order valence-electron chi connectivity index (χ0n) is 43.1. The molecule has 410 valence electrons. The lowest BCUT2D eigenvalue weighted by Gasteiger charge is -2.23. The Labute approximate surface area is 477 Å². The molecule has 0 saturated heterocycles. The lowest BCUT2D eigenvalue weighted by atomic mass is 9.90. The molecule has 0 radical (unpaired) electrons. The van der Waals surface area contributed by atoms with Gasteiger partial charge in [-0.25, -0.2) is 39.7 Å². The molecular formula is C52H53N13O8S6. The van der Waals surface area contributed by atoms with Crippen LogP contribution in [0.25, 0.3) is 49.1 Å². The number of carbonyl (C=O) groups is 5. The lowest BCUT2D eigenvalue weighted by molar-refractivity contribution is -0.122. The number of carbonyl (C=O) groups excluding carboxylic acids is 5. The van der Waals surface area contributed by atoms with Crippen molar-refractivity contribution >= 4 is 109 Å². The van der Waals surface area contributed by atoms with Crippen molar-refractivity contribution in [1.29, 1.82) is 0 Å². The molecule has 0 unspecified atom stereocenters. The second-order valence-electron chi connectivity index (χ2n) is 18.2. The fourth-order valence-corrected chi connectivity index (χ4v) is 13.9. The normalized spacial score (nSPS) is 16.6. The molecule has 0 saturated carbocycles. The SMILES string of the molecule is C=C1NCC(=O)N[C@@H]([C@@H](O)c2ccccc2)c2nc(cs2)-c2nc(cs2)-c2nc(-c3nc(NC(=O)OCCN)cs3)ccc2-c2nc(cs2)C(=O)N[C@@H](CC(=O)NC)c2nc(c(C)s2)C(=O)C[C@H](C(C)C)c2nc1c(COC)s2. The first-order valence-corrected chi connectivity index (χ1v) is 29.7. The van der Waals surface area contributed by atoms with Gasteiger partial charge in [-0.2, -0.15) is 0 Å². The average molecular weight is 1180 g/mol. The molecular weight excluding hydrogens is 1130 g/mol. The summed E-state index contributed by atoms with van der Waals surface area (Å²) in [6.45, 7) is 10.2. The maximum Gasteiger partial charge on any atom is 0.412 e. The topological polar surface area (TPSA) is 300 Å². The van der Waals surface area contributed by atoms with Crippen LogP contribution in [0.3, 0.4) is 0 Å². The molecule has 79 heavy (non-hydrogen) atoms. The van der Waals surface area contributed by atoms with Crippen LogP contribution in [-0.2, 0) is 25.7 Å². The smallest absolute Gasteiger partial charge is 0.412 e. The summed E-state index contributed by atoms with van der Waals surface area (Å²) in [5, 5.41) is 36.0. The summed E-state index contributed by atoms with van der Waals surface area (Å²) in [5.41, 5.74) is 9.46. The molecule has 1 aliphatic heterocycles. The number of aliphatic hydroxyl groups excluding tert-OH is 1. The van der Waals surface area contributed by atoms with E-state index in [0.717, 1.165) is 4.88 Å². The number of thiazole rings is 6. The van der Waals surface area contributed by atoms with E-state index in [4.69, 9.17) is 45.1 Å². The van der Waals surface area contributed by atoms with Crippen LogP contribution < -0.4 is 32.3 Å². The Morgan fingerprint density at radius 1 is 0.810 bits per heavy atom. The molecule has 8 heterocycles. The van der Waals surface area contributed by atoms with Crippen LogP contribution in [0.2, 0.25) is 0 Å². The summed E-state index contributed by atoms with van der Waals surface area (Å²) in [7, 11) is 3.06. The second kappa shape index (κ2) is 25.4. The molecule has 8 N–H and O–H groups in total. The number of anilines is 1. The minimum Gasteiger partial charge on any atom is -0.448 e. The largest absolute Gasteiger partial charge is 0.448 e. The number of fused-ring (bicyclic) bond motifs is 14. The van der Waals surface area contributed by atoms with E-state index >= 15 is 0 Å². The molecule has 27 heteroatoms. The predicted octanol–water partition coefficient (Wildman–Crippen LogP) is 8.54. The van der Waals surface area contributed by atoms with Crippen LogP contribution in [0, 0.1) is 12.8 Å². The molecule has 0 spiro atoms. The number of rotatable bonds is 11. The van der Waals surface area contributed by atoms with Crippen LogP contribution in [0.15, 0.2) is 70.6 Å². The molecule has 9 rings (SSSR count). The molecule has 0 fully saturated rings. The number of methoxy groups -OCH3 is 1. The highest BCUT2D eigenvalue weighted by atomic mass is 32.1. The number of Topliss-reactive ketones (excluding diaryl/α,β-unsaturated/α-hetero) is 1. The van der Waals surface area contributed by atoms with Crippen molar-refractivity contribution in [2.45, 2.75) is 64.3 Å². The Kier molecular flexibility index (Phi) is 18.2. The van der Waals surface area contributed by atoms with Crippen molar-refractivity contribution in [3.05, 3.63) is 118 Å². The fraction of sp³-hybridized carbons (Fsp3) is 0.308. The Bertz CT molecular complexity index is 3530. The van der Waals surface area contributed by atoms with Gasteiger partial charge >= 0.3 is 6.09 Å². The van der Waals surface area contributed by atoms with Crippen LogP contribution >= 0.6 is 68.0 Å². The third-order valence-corrected chi connectivity index (χ3v) is 18.1. The Morgan fingerprint density at radius 3 is 2.29 bits per heavy atom. The van der Waals surface area contributed by atoms with Gasteiger partial charge in [0.2, 0.25) is 11.8 Å². The molecule has 7 aromatic heterocycles. The third kappa shape index (κ3) is 13.2. The first-order valence-electron chi connectivity index (χ1n) is 24.6. The lowest BCUT2D eigenvalue weighted by Crippen LogP contribution is -2.38. The van der Waals surface area contributed by atoms with E-state index in [1.807, 2.05) is 25.3 Å². The van der Waals surface area contributed by atoms with Crippen molar-refractivity contribution in [3.8, 4) is 43.4 Å². The average Bonchev–Trinajstić information content (AvgIpc) is 4.51. The number of nitrogens with zero attached hydrogens (tertiary/aromatic N) is 7. The summed E-state index contributed by atoms with van der Waals surface area (Å²) >= 11 is 7.59. The van der Waals surface area contributed by atoms with Gasteiger partial charge in [0, 0.05) is 65.0 Å². The highest BCUT2D eigenvalue weighted by molar-refractivity contribution is 7.15. The molecule has 4 atom stereocenters.